The van der Waals surface area contributed by atoms with E-state index in [1.54, 1.807) is 6.07 Å². The van der Waals surface area contributed by atoms with Gasteiger partial charge in [-0.2, -0.15) is 0 Å². The van der Waals surface area contributed by atoms with Crippen molar-refractivity contribution in [2.75, 3.05) is 26.2 Å². The Labute approximate surface area is 115 Å². The van der Waals surface area contributed by atoms with Gasteiger partial charge in [0.2, 0.25) is 0 Å². The van der Waals surface area contributed by atoms with E-state index in [-0.39, 0.29) is 11.9 Å². The summed E-state index contributed by atoms with van der Waals surface area (Å²) in [4.78, 5) is 6.75. The van der Waals surface area contributed by atoms with Crippen LogP contribution in [0, 0.1) is 11.7 Å². The molecule has 1 saturated heterocycles. The van der Waals surface area contributed by atoms with Gasteiger partial charge in [0.1, 0.15) is 5.82 Å². The molecule has 3 nitrogen and oxygen atoms in total. The Balaban J connectivity index is 2.03. The summed E-state index contributed by atoms with van der Waals surface area (Å²) < 4.78 is 13.0. The van der Waals surface area contributed by atoms with Crippen LogP contribution in [0.5, 0.6) is 0 Å². The van der Waals surface area contributed by atoms with Crippen LogP contribution in [0.4, 0.5) is 4.39 Å². The monoisotopic (exact) mass is 265 g/mol. The predicted octanol–water partition coefficient (Wildman–Crippen LogP) is 2.60. The van der Waals surface area contributed by atoms with Gasteiger partial charge in [0.05, 0.1) is 17.9 Å². The predicted molar refractivity (Wildman–Crippen MR) is 75.5 cm³/mol. The summed E-state index contributed by atoms with van der Waals surface area (Å²) in [5.74, 6) is 0.196. The Morgan fingerprint density at radius 2 is 2.11 bits per heavy atom. The summed E-state index contributed by atoms with van der Waals surface area (Å²) in [5.41, 5.74) is 0.940. The quantitative estimate of drug-likeness (QED) is 0.857. The largest absolute Gasteiger partial charge is 0.309 e. The third-order valence-corrected chi connectivity index (χ3v) is 3.81. The van der Waals surface area contributed by atoms with Crippen molar-refractivity contribution in [1.82, 2.24) is 15.2 Å². The van der Waals surface area contributed by atoms with Gasteiger partial charge in [0.25, 0.3) is 0 Å². The average Bonchev–Trinajstić information content (AvgIpc) is 2.90. The molecule has 2 heterocycles. The SMILES string of the molecule is CCNC(c1ccc(F)cn1)C(C)CN1CCCC1. The Morgan fingerprint density at radius 3 is 2.68 bits per heavy atom. The highest BCUT2D eigenvalue weighted by Gasteiger charge is 2.23. The second-order valence-electron chi connectivity index (χ2n) is 5.42. The normalized spacial score (nSPS) is 19.5. The Hall–Kier alpha value is -1.00. The first kappa shape index (κ1) is 14.4. The van der Waals surface area contributed by atoms with Gasteiger partial charge in [-0.25, -0.2) is 4.39 Å². The molecule has 0 saturated carbocycles. The summed E-state index contributed by atoms with van der Waals surface area (Å²) in [6.45, 7) is 8.74. The van der Waals surface area contributed by atoms with E-state index in [1.165, 1.54) is 38.2 Å². The highest BCUT2D eigenvalue weighted by atomic mass is 19.1. The molecule has 4 heteroatoms. The van der Waals surface area contributed by atoms with Crippen LogP contribution in [-0.2, 0) is 0 Å². The first-order valence-corrected chi connectivity index (χ1v) is 7.28. The van der Waals surface area contributed by atoms with Gasteiger partial charge in [-0.05, 0) is 50.5 Å². The Bertz CT molecular complexity index is 373. The van der Waals surface area contributed by atoms with E-state index >= 15 is 0 Å². The van der Waals surface area contributed by atoms with E-state index in [1.807, 2.05) is 0 Å². The third-order valence-electron chi connectivity index (χ3n) is 3.81. The van der Waals surface area contributed by atoms with Crippen LogP contribution < -0.4 is 5.32 Å². The fourth-order valence-electron chi connectivity index (χ4n) is 2.87. The van der Waals surface area contributed by atoms with Gasteiger partial charge < -0.3 is 10.2 Å². The number of pyridine rings is 1. The summed E-state index contributed by atoms with van der Waals surface area (Å²) in [6.07, 6.45) is 3.93. The lowest BCUT2D eigenvalue weighted by Crippen LogP contribution is -2.35. The van der Waals surface area contributed by atoms with Crippen LogP contribution in [0.25, 0.3) is 0 Å². The molecule has 1 aliphatic rings. The molecule has 2 unspecified atom stereocenters. The van der Waals surface area contributed by atoms with Crippen LogP contribution in [0.1, 0.15) is 38.4 Å². The highest BCUT2D eigenvalue weighted by Crippen LogP contribution is 2.22. The van der Waals surface area contributed by atoms with Crippen molar-refractivity contribution in [3.05, 3.63) is 29.8 Å². The smallest absolute Gasteiger partial charge is 0.141 e. The molecule has 0 aliphatic carbocycles. The number of likely N-dealkylation sites (tertiary alicyclic amines) is 1. The molecule has 2 atom stereocenters. The van der Waals surface area contributed by atoms with Crippen LogP contribution >= 0.6 is 0 Å². The van der Waals surface area contributed by atoms with Crippen molar-refractivity contribution in [3.63, 3.8) is 0 Å². The molecule has 1 fully saturated rings. The maximum atomic E-state index is 13.0. The zero-order chi connectivity index (χ0) is 13.7. The van der Waals surface area contributed by atoms with Gasteiger partial charge in [0.15, 0.2) is 0 Å². The lowest BCUT2D eigenvalue weighted by Gasteiger charge is -2.28. The number of rotatable bonds is 6. The van der Waals surface area contributed by atoms with Gasteiger partial charge in [-0.15, -0.1) is 0 Å². The first-order chi connectivity index (χ1) is 9.20. The summed E-state index contributed by atoms with van der Waals surface area (Å²) in [6, 6.07) is 3.49. The average molecular weight is 265 g/mol. The van der Waals surface area contributed by atoms with E-state index in [0.29, 0.717) is 5.92 Å². The maximum Gasteiger partial charge on any atom is 0.141 e. The second kappa shape index (κ2) is 6.96. The van der Waals surface area contributed by atoms with Crippen molar-refractivity contribution < 1.29 is 4.39 Å². The maximum absolute atomic E-state index is 13.0. The molecule has 1 aromatic rings. The summed E-state index contributed by atoms with van der Waals surface area (Å²) in [7, 11) is 0. The van der Waals surface area contributed by atoms with Crippen molar-refractivity contribution >= 4 is 0 Å². The van der Waals surface area contributed by atoms with Crippen molar-refractivity contribution in [2.45, 2.75) is 32.7 Å². The summed E-state index contributed by atoms with van der Waals surface area (Å²) in [5, 5.41) is 3.48. The Kier molecular flexibility index (Phi) is 5.28. The van der Waals surface area contributed by atoms with E-state index in [9.17, 15) is 4.39 Å². The molecular weight excluding hydrogens is 241 g/mol. The zero-order valence-corrected chi connectivity index (χ0v) is 11.9. The molecule has 1 aliphatic heterocycles. The minimum atomic E-state index is -0.272. The number of hydrogen-bond donors (Lipinski definition) is 1. The lowest BCUT2D eigenvalue weighted by molar-refractivity contribution is 0.246. The number of aromatic nitrogens is 1. The lowest BCUT2D eigenvalue weighted by atomic mass is 9.97. The second-order valence-corrected chi connectivity index (χ2v) is 5.42. The fourth-order valence-corrected chi connectivity index (χ4v) is 2.87. The fraction of sp³-hybridized carbons (Fsp3) is 0.667. The molecule has 2 rings (SSSR count). The molecule has 1 aromatic heterocycles. The van der Waals surface area contributed by atoms with Gasteiger partial charge >= 0.3 is 0 Å². The summed E-state index contributed by atoms with van der Waals surface area (Å²) >= 11 is 0. The van der Waals surface area contributed by atoms with Crippen LogP contribution in [0.15, 0.2) is 18.3 Å². The minimum Gasteiger partial charge on any atom is -0.309 e. The zero-order valence-electron chi connectivity index (χ0n) is 11.9. The van der Waals surface area contributed by atoms with Gasteiger partial charge in [-0.3, -0.25) is 4.98 Å². The standard InChI is InChI=1S/C15H24FN3/c1-3-17-15(14-7-6-13(16)10-18-14)12(2)11-19-8-4-5-9-19/h6-7,10,12,15,17H,3-5,8-9,11H2,1-2H3. The molecular formula is C15H24FN3. The molecule has 0 bridgehead atoms. The number of nitrogens with one attached hydrogen (secondary N) is 1. The van der Waals surface area contributed by atoms with E-state index in [0.717, 1.165) is 18.8 Å². The first-order valence-electron chi connectivity index (χ1n) is 7.28. The van der Waals surface area contributed by atoms with E-state index in [2.05, 4.69) is 29.0 Å². The van der Waals surface area contributed by atoms with E-state index in [4.69, 9.17) is 0 Å². The topological polar surface area (TPSA) is 28.2 Å². The number of hydrogen-bond acceptors (Lipinski definition) is 3. The molecule has 1 N–H and O–H groups in total. The molecule has 0 radical (unpaired) electrons. The van der Waals surface area contributed by atoms with Crippen molar-refractivity contribution in [1.29, 1.82) is 0 Å². The minimum absolute atomic E-state index is 0.200. The molecule has 0 amide bonds. The number of nitrogens with zero attached hydrogens (tertiary/aromatic N) is 2. The third kappa shape index (κ3) is 3.98. The molecule has 106 valence electrons. The van der Waals surface area contributed by atoms with E-state index < -0.39 is 0 Å². The Morgan fingerprint density at radius 1 is 1.37 bits per heavy atom. The van der Waals surface area contributed by atoms with Crippen LogP contribution in [0.3, 0.4) is 0 Å². The van der Waals surface area contributed by atoms with Crippen molar-refractivity contribution in [2.24, 2.45) is 5.92 Å². The van der Waals surface area contributed by atoms with Crippen molar-refractivity contribution in [3.8, 4) is 0 Å². The van der Waals surface area contributed by atoms with Gasteiger partial charge in [0, 0.05) is 6.54 Å². The highest BCUT2D eigenvalue weighted by molar-refractivity contribution is 5.11. The van der Waals surface area contributed by atoms with Gasteiger partial charge in [-0.1, -0.05) is 13.8 Å². The molecule has 0 spiro atoms. The molecule has 19 heavy (non-hydrogen) atoms. The molecule has 0 aromatic carbocycles. The number of halogens is 1. The van der Waals surface area contributed by atoms with Crippen LogP contribution in [-0.4, -0.2) is 36.1 Å². The van der Waals surface area contributed by atoms with Crippen LogP contribution in [0.2, 0.25) is 0 Å².